The molecular weight excluding hydrogens is 642 g/mol. The second-order valence-corrected chi connectivity index (χ2v) is 11.4. The van der Waals surface area contributed by atoms with Gasteiger partial charge in [-0.3, -0.25) is 4.79 Å². The van der Waals surface area contributed by atoms with Gasteiger partial charge in [-0.1, -0.05) is 0 Å². The minimum atomic E-state index is -7.22. The number of carbonyl (C=O) groups is 1. The fraction of sp³-hybridized carbons (Fsp3) is 0.941. The van der Waals surface area contributed by atoms with Crippen molar-refractivity contribution < 1.29 is 88.9 Å². The number of hydrogen-bond acceptors (Lipinski definition) is 3. The molecule has 0 atom stereocenters. The number of thioether (sulfide) groups is 2. The van der Waals surface area contributed by atoms with Crippen LogP contribution in [-0.4, -0.2) is 74.5 Å². The Morgan fingerprint density at radius 1 is 0.538 bits per heavy atom. The summed E-state index contributed by atoms with van der Waals surface area (Å²) in [7, 11) is 0. The quantitative estimate of drug-likeness (QED) is 0.141. The summed E-state index contributed by atoms with van der Waals surface area (Å²) in [5.41, 5.74) is 0. The highest BCUT2D eigenvalue weighted by Gasteiger charge is 2.82. The first-order valence-corrected chi connectivity index (χ1v) is 11.7. The van der Waals surface area contributed by atoms with Crippen LogP contribution in [0.1, 0.15) is 32.6 Å². The van der Waals surface area contributed by atoms with E-state index in [0.717, 1.165) is 6.92 Å². The molecule has 0 unspecified atom stereocenters. The van der Waals surface area contributed by atoms with E-state index in [0.29, 0.717) is 0 Å². The maximum Gasteiger partial charge on any atom is 0.460 e. The molecule has 0 radical (unpaired) electrons. The first kappa shape index (κ1) is 37.9. The highest BCUT2D eigenvalue weighted by molar-refractivity contribution is 8.18. The first-order chi connectivity index (χ1) is 16.8. The first-order valence-electron chi connectivity index (χ1n) is 9.73. The lowest BCUT2D eigenvalue weighted by Gasteiger charge is -2.35. The monoisotopic (exact) mass is 658 g/mol. The Balaban J connectivity index is 5.67. The van der Waals surface area contributed by atoms with E-state index in [9.17, 15) is 83.8 Å². The molecule has 0 rings (SSSR count). The average molecular weight is 658 g/mol. The van der Waals surface area contributed by atoms with E-state index in [4.69, 9.17) is 5.11 Å². The van der Waals surface area contributed by atoms with Crippen LogP contribution in [0.25, 0.3) is 0 Å². The molecule has 2 nitrogen and oxygen atoms in total. The largest absolute Gasteiger partial charge is 0.481 e. The van der Waals surface area contributed by atoms with Gasteiger partial charge in [0.25, 0.3) is 0 Å². The van der Waals surface area contributed by atoms with E-state index >= 15 is 0 Å². The van der Waals surface area contributed by atoms with Crippen LogP contribution in [0.4, 0.5) is 79.0 Å². The topological polar surface area (TPSA) is 37.3 Å². The van der Waals surface area contributed by atoms with Crippen molar-refractivity contribution in [2.24, 2.45) is 0 Å². The van der Waals surface area contributed by atoms with Crippen molar-refractivity contribution in [3.63, 3.8) is 0 Å². The normalized spacial score (nSPS) is 15.6. The minimum Gasteiger partial charge on any atom is -0.481 e. The lowest BCUT2D eigenvalue weighted by atomic mass is 10.0. The average Bonchev–Trinajstić information content (AvgIpc) is 2.69. The highest BCUT2D eigenvalue weighted by Crippen LogP contribution is 2.56. The Labute approximate surface area is 215 Å². The Morgan fingerprint density at radius 3 is 1.05 bits per heavy atom. The van der Waals surface area contributed by atoms with Crippen LogP contribution >= 0.6 is 23.5 Å². The molecule has 0 aromatic rings. The summed E-state index contributed by atoms with van der Waals surface area (Å²) in [5, 5.41) is 8.69. The third kappa shape index (κ3) is 8.02. The van der Waals surface area contributed by atoms with Gasteiger partial charge in [0.05, 0.1) is 4.08 Å². The van der Waals surface area contributed by atoms with Gasteiger partial charge in [-0.2, -0.15) is 79.0 Å². The van der Waals surface area contributed by atoms with Crippen LogP contribution < -0.4 is 0 Å². The van der Waals surface area contributed by atoms with Crippen molar-refractivity contribution in [1.82, 2.24) is 0 Å². The molecule has 0 aliphatic carbocycles. The predicted octanol–water partition coefficient (Wildman–Crippen LogP) is 8.75. The van der Waals surface area contributed by atoms with Gasteiger partial charge >= 0.3 is 53.9 Å². The summed E-state index contributed by atoms with van der Waals surface area (Å²) >= 11 is -0.211. The zero-order chi connectivity index (χ0) is 31.7. The highest BCUT2D eigenvalue weighted by atomic mass is 32.2. The Morgan fingerprint density at radius 2 is 0.821 bits per heavy atom. The Kier molecular flexibility index (Phi) is 11.3. The summed E-state index contributed by atoms with van der Waals surface area (Å²) in [6.45, 7) is 0.770. The fourth-order valence-electron chi connectivity index (χ4n) is 2.44. The predicted molar refractivity (Wildman–Crippen MR) is 101 cm³/mol. The standard InChI is InChI=1S/C17H16F18O2S2/c1-9(3-2-8(36)37,38-6-4-10(18,19)12(22,23)14(26,27)16(30,31)32)39-7-5-11(20,21)13(24,25)15(28,29)17(33,34)35/h2-7H2,1H3,(H,36,37). The van der Waals surface area contributed by atoms with Crippen LogP contribution in [-0.2, 0) is 4.79 Å². The molecule has 0 aliphatic heterocycles. The third-order valence-electron chi connectivity index (χ3n) is 4.86. The van der Waals surface area contributed by atoms with Crippen molar-refractivity contribution in [1.29, 1.82) is 0 Å². The molecule has 0 bridgehead atoms. The van der Waals surface area contributed by atoms with Crippen LogP contribution in [0.5, 0.6) is 0 Å². The number of carboxylic acid groups (broad SMARTS) is 1. The van der Waals surface area contributed by atoms with E-state index in [1.807, 2.05) is 0 Å². The fourth-order valence-corrected chi connectivity index (χ4v) is 5.35. The van der Waals surface area contributed by atoms with Crippen LogP contribution in [0.3, 0.4) is 0 Å². The molecule has 0 aromatic carbocycles. The number of halogens is 18. The van der Waals surface area contributed by atoms with Gasteiger partial charge in [0.15, 0.2) is 0 Å². The molecule has 0 saturated heterocycles. The molecule has 234 valence electrons. The van der Waals surface area contributed by atoms with Crippen molar-refractivity contribution in [2.45, 2.75) is 84.6 Å². The molecule has 0 saturated carbocycles. The number of carboxylic acids is 1. The Hall–Kier alpha value is -1.09. The number of alkyl halides is 18. The van der Waals surface area contributed by atoms with Gasteiger partial charge in [-0.25, -0.2) is 0 Å². The smallest absolute Gasteiger partial charge is 0.460 e. The van der Waals surface area contributed by atoms with Gasteiger partial charge < -0.3 is 5.11 Å². The van der Waals surface area contributed by atoms with Gasteiger partial charge in [0.1, 0.15) is 0 Å². The maximum absolute atomic E-state index is 13.7. The van der Waals surface area contributed by atoms with E-state index in [1.54, 1.807) is 0 Å². The lowest BCUT2D eigenvalue weighted by molar-refractivity contribution is -0.396. The van der Waals surface area contributed by atoms with Gasteiger partial charge in [-0.05, 0) is 13.3 Å². The summed E-state index contributed by atoms with van der Waals surface area (Å²) in [4.78, 5) is 10.7. The number of aliphatic carboxylic acids is 1. The minimum absolute atomic E-state index is 0.106. The van der Waals surface area contributed by atoms with Crippen LogP contribution in [0, 0.1) is 0 Å². The molecule has 0 aromatic heterocycles. The molecule has 0 fully saturated rings. The maximum atomic E-state index is 13.7. The van der Waals surface area contributed by atoms with E-state index in [1.165, 1.54) is 0 Å². The second-order valence-electron chi connectivity index (χ2n) is 7.93. The number of hydrogen-bond donors (Lipinski definition) is 1. The van der Waals surface area contributed by atoms with E-state index in [2.05, 4.69) is 0 Å². The summed E-state index contributed by atoms with van der Waals surface area (Å²) in [5.74, 6) is -45.2. The van der Waals surface area contributed by atoms with E-state index in [-0.39, 0.29) is 23.5 Å². The van der Waals surface area contributed by atoms with Gasteiger partial charge in [-0.15, -0.1) is 23.5 Å². The Bertz CT molecular complexity index is 780. The SMILES string of the molecule is CC(CCC(=O)O)(SCCC(F)(F)C(F)(F)C(F)(F)C(F)(F)F)SCCC(F)(F)C(F)(F)C(F)(F)C(F)(F)F. The summed E-state index contributed by atoms with van der Waals surface area (Å²) in [6, 6.07) is 0. The summed E-state index contributed by atoms with van der Waals surface area (Å²) < 4.78 is 231. The number of rotatable bonds is 15. The second kappa shape index (κ2) is 11.7. The van der Waals surface area contributed by atoms with Gasteiger partial charge in [0.2, 0.25) is 0 Å². The molecule has 0 spiro atoms. The molecule has 22 heteroatoms. The van der Waals surface area contributed by atoms with Crippen molar-refractivity contribution in [3.8, 4) is 0 Å². The molecule has 0 heterocycles. The van der Waals surface area contributed by atoms with Crippen molar-refractivity contribution in [3.05, 3.63) is 0 Å². The molecule has 0 amide bonds. The summed E-state index contributed by atoms with van der Waals surface area (Å²) in [6.07, 6.45) is -20.9. The lowest BCUT2D eigenvalue weighted by Crippen LogP contribution is -2.61. The molecular formula is C17H16F18O2S2. The third-order valence-corrected chi connectivity index (χ3v) is 8.01. The molecule has 0 aliphatic rings. The van der Waals surface area contributed by atoms with Crippen LogP contribution in [0.15, 0.2) is 0 Å². The zero-order valence-corrected chi connectivity index (χ0v) is 20.4. The van der Waals surface area contributed by atoms with Crippen molar-refractivity contribution >= 4 is 29.5 Å². The van der Waals surface area contributed by atoms with Gasteiger partial charge in [0, 0.05) is 30.8 Å². The molecule has 1 N–H and O–H groups in total. The van der Waals surface area contributed by atoms with Crippen LogP contribution in [0.2, 0.25) is 0 Å². The zero-order valence-electron chi connectivity index (χ0n) is 18.7. The van der Waals surface area contributed by atoms with E-state index < -0.39 is 95.1 Å². The molecule has 39 heavy (non-hydrogen) atoms. The van der Waals surface area contributed by atoms with Crippen molar-refractivity contribution in [2.75, 3.05) is 11.5 Å².